The normalized spacial score (nSPS) is 10.4. The van der Waals surface area contributed by atoms with E-state index in [-0.39, 0.29) is 18.0 Å². The van der Waals surface area contributed by atoms with Crippen LogP contribution in [0.3, 0.4) is 0 Å². The molecule has 0 atom stereocenters. The Labute approximate surface area is 143 Å². The summed E-state index contributed by atoms with van der Waals surface area (Å²) in [6, 6.07) is 15.4. The van der Waals surface area contributed by atoms with Gasteiger partial charge in [-0.2, -0.15) is 0 Å². The Morgan fingerprint density at radius 3 is 2.48 bits per heavy atom. The van der Waals surface area contributed by atoms with Crippen LogP contribution in [0.15, 0.2) is 65.6 Å². The molecule has 0 radical (unpaired) electrons. The number of hydrogen-bond donors (Lipinski definition) is 1. The van der Waals surface area contributed by atoms with Crippen LogP contribution < -0.4 is 10.9 Å². The summed E-state index contributed by atoms with van der Waals surface area (Å²) in [4.78, 5) is 36.0. The first kappa shape index (κ1) is 16.4. The van der Waals surface area contributed by atoms with Gasteiger partial charge in [0.1, 0.15) is 6.54 Å². The minimum absolute atomic E-state index is 0.0948. The van der Waals surface area contributed by atoms with Crippen molar-refractivity contribution in [2.75, 3.05) is 12.4 Å². The van der Waals surface area contributed by atoms with E-state index >= 15 is 0 Å². The van der Waals surface area contributed by atoms with Gasteiger partial charge in [-0.15, -0.1) is 0 Å². The average Bonchev–Trinajstić information content (AvgIpc) is 2.64. The zero-order chi connectivity index (χ0) is 17.8. The number of esters is 1. The molecule has 0 aliphatic carbocycles. The van der Waals surface area contributed by atoms with E-state index < -0.39 is 5.97 Å². The molecule has 1 aromatic heterocycles. The van der Waals surface area contributed by atoms with Gasteiger partial charge < -0.3 is 14.6 Å². The summed E-state index contributed by atoms with van der Waals surface area (Å²) in [5.41, 5.74) is 0.715. The van der Waals surface area contributed by atoms with Gasteiger partial charge >= 0.3 is 5.97 Å². The van der Waals surface area contributed by atoms with Gasteiger partial charge in [-0.1, -0.05) is 18.2 Å². The Morgan fingerprint density at radius 2 is 1.76 bits per heavy atom. The highest BCUT2D eigenvalue weighted by Crippen LogP contribution is 2.11. The molecule has 25 heavy (non-hydrogen) atoms. The van der Waals surface area contributed by atoms with Crippen molar-refractivity contribution < 1.29 is 14.3 Å². The summed E-state index contributed by atoms with van der Waals surface area (Å²) >= 11 is 0. The Hall–Kier alpha value is -3.41. The number of aromatic nitrogens is 1. The van der Waals surface area contributed by atoms with Crippen LogP contribution in [0.4, 0.5) is 5.69 Å². The number of nitrogens with one attached hydrogen (secondary N) is 1. The number of hydrogen-bond acceptors (Lipinski definition) is 4. The lowest BCUT2D eigenvalue weighted by Crippen LogP contribution is -2.27. The van der Waals surface area contributed by atoms with E-state index in [0.29, 0.717) is 16.6 Å². The number of nitrogens with zero attached hydrogens (tertiary/aromatic N) is 1. The number of pyridine rings is 1. The smallest absolute Gasteiger partial charge is 0.337 e. The number of fused-ring (bicyclic) bond motifs is 1. The second-order valence-electron chi connectivity index (χ2n) is 5.45. The van der Waals surface area contributed by atoms with Crippen LogP contribution in [-0.4, -0.2) is 23.6 Å². The highest BCUT2D eigenvalue weighted by atomic mass is 16.5. The van der Waals surface area contributed by atoms with E-state index in [2.05, 4.69) is 10.1 Å². The van der Waals surface area contributed by atoms with Gasteiger partial charge in [0.05, 0.1) is 12.7 Å². The predicted molar refractivity (Wildman–Crippen MR) is 94.6 cm³/mol. The highest BCUT2D eigenvalue weighted by molar-refractivity contribution is 5.93. The SMILES string of the molecule is COC(=O)c1ccc(NC(=O)Cn2ccc3ccccc3c2=O)cc1. The molecule has 3 rings (SSSR count). The minimum atomic E-state index is -0.444. The number of carbonyl (C=O) groups excluding carboxylic acids is 2. The van der Waals surface area contributed by atoms with Crippen molar-refractivity contribution in [2.45, 2.75) is 6.54 Å². The lowest BCUT2D eigenvalue weighted by Gasteiger charge is -2.09. The highest BCUT2D eigenvalue weighted by Gasteiger charge is 2.09. The van der Waals surface area contributed by atoms with Crippen LogP contribution >= 0.6 is 0 Å². The van der Waals surface area contributed by atoms with Gasteiger partial charge in [-0.05, 0) is 41.8 Å². The second kappa shape index (κ2) is 7.00. The third-order valence-corrected chi connectivity index (χ3v) is 3.79. The molecule has 1 amide bonds. The molecule has 1 heterocycles. The van der Waals surface area contributed by atoms with Gasteiger partial charge in [0.25, 0.3) is 5.56 Å². The molecule has 6 heteroatoms. The number of amides is 1. The fourth-order valence-electron chi connectivity index (χ4n) is 2.52. The maximum atomic E-state index is 12.4. The molecular weight excluding hydrogens is 320 g/mol. The fourth-order valence-corrected chi connectivity index (χ4v) is 2.52. The average molecular weight is 336 g/mol. The lowest BCUT2D eigenvalue weighted by atomic mass is 10.2. The predicted octanol–water partition coefficient (Wildman–Crippen LogP) is 2.43. The van der Waals surface area contributed by atoms with E-state index in [9.17, 15) is 14.4 Å². The van der Waals surface area contributed by atoms with E-state index in [1.54, 1.807) is 48.7 Å². The number of carbonyl (C=O) groups is 2. The Morgan fingerprint density at radius 1 is 1.04 bits per heavy atom. The number of benzene rings is 2. The van der Waals surface area contributed by atoms with Crippen molar-refractivity contribution in [1.29, 1.82) is 0 Å². The molecule has 0 saturated carbocycles. The third-order valence-electron chi connectivity index (χ3n) is 3.79. The monoisotopic (exact) mass is 336 g/mol. The topological polar surface area (TPSA) is 77.4 Å². The van der Waals surface area contributed by atoms with Crippen molar-refractivity contribution in [3.8, 4) is 0 Å². The van der Waals surface area contributed by atoms with Gasteiger partial charge in [0, 0.05) is 17.3 Å². The molecule has 0 fully saturated rings. The van der Waals surface area contributed by atoms with Crippen LogP contribution in [0.2, 0.25) is 0 Å². The molecule has 0 aliphatic heterocycles. The quantitative estimate of drug-likeness (QED) is 0.742. The Balaban J connectivity index is 1.73. The molecule has 0 bridgehead atoms. The summed E-state index contributed by atoms with van der Waals surface area (Å²) in [5.74, 6) is -0.774. The number of ether oxygens (including phenoxy) is 1. The first-order valence-electron chi connectivity index (χ1n) is 7.65. The van der Waals surface area contributed by atoms with E-state index in [1.165, 1.54) is 11.7 Å². The molecule has 0 saturated heterocycles. The third kappa shape index (κ3) is 3.58. The standard InChI is InChI=1S/C19H16N2O4/c1-25-19(24)14-6-8-15(9-7-14)20-17(22)12-21-11-10-13-4-2-3-5-16(13)18(21)23/h2-11H,12H2,1H3,(H,20,22). The van der Waals surface area contributed by atoms with Crippen molar-refractivity contribution in [2.24, 2.45) is 0 Å². The zero-order valence-corrected chi connectivity index (χ0v) is 13.6. The molecule has 3 aromatic rings. The second-order valence-corrected chi connectivity index (χ2v) is 5.45. The van der Waals surface area contributed by atoms with Crippen molar-refractivity contribution in [3.05, 3.63) is 76.7 Å². The molecule has 1 N–H and O–H groups in total. The molecule has 0 spiro atoms. The maximum Gasteiger partial charge on any atom is 0.337 e. The lowest BCUT2D eigenvalue weighted by molar-refractivity contribution is -0.116. The van der Waals surface area contributed by atoms with Crippen molar-refractivity contribution >= 4 is 28.3 Å². The van der Waals surface area contributed by atoms with Crippen LogP contribution in [0, 0.1) is 0 Å². The van der Waals surface area contributed by atoms with E-state index in [1.807, 2.05) is 12.1 Å². The minimum Gasteiger partial charge on any atom is -0.465 e. The fraction of sp³-hybridized carbons (Fsp3) is 0.105. The van der Waals surface area contributed by atoms with Crippen LogP contribution in [0.1, 0.15) is 10.4 Å². The molecule has 0 unspecified atom stereocenters. The van der Waals surface area contributed by atoms with E-state index in [0.717, 1.165) is 5.39 Å². The molecule has 126 valence electrons. The summed E-state index contributed by atoms with van der Waals surface area (Å²) in [7, 11) is 1.30. The Bertz CT molecular complexity index is 990. The summed E-state index contributed by atoms with van der Waals surface area (Å²) in [6.07, 6.45) is 1.60. The maximum absolute atomic E-state index is 12.4. The van der Waals surface area contributed by atoms with Gasteiger partial charge in [-0.25, -0.2) is 4.79 Å². The summed E-state index contributed by atoms with van der Waals surface area (Å²) in [5, 5.41) is 4.10. The Kier molecular flexibility index (Phi) is 4.61. The zero-order valence-electron chi connectivity index (χ0n) is 13.6. The van der Waals surface area contributed by atoms with E-state index in [4.69, 9.17) is 0 Å². The largest absolute Gasteiger partial charge is 0.465 e. The van der Waals surface area contributed by atoms with Crippen molar-refractivity contribution in [3.63, 3.8) is 0 Å². The van der Waals surface area contributed by atoms with Crippen LogP contribution in [0.25, 0.3) is 10.8 Å². The van der Waals surface area contributed by atoms with Crippen molar-refractivity contribution in [1.82, 2.24) is 4.57 Å². The first-order valence-corrected chi connectivity index (χ1v) is 7.65. The number of methoxy groups -OCH3 is 1. The first-order chi connectivity index (χ1) is 12.1. The van der Waals surface area contributed by atoms with Gasteiger partial charge in [-0.3, -0.25) is 9.59 Å². The molecule has 0 aliphatic rings. The summed E-state index contributed by atoms with van der Waals surface area (Å²) in [6.45, 7) is -0.0948. The number of rotatable bonds is 4. The van der Waals surface area contributed by atoms with Crippen LogP contribution in [0.5, 0.6) is 0 Å². The molecule has 6 nitrogen and oxygen atoms in total. The van der Waals surface area contributed by atoms with Gasteiger partial charge in [0.15, 0.2) is 0 Å². The molecular formula is C19H16N2O4. The van der Waals surface area contributed by atoms with Crippen LogP contribution in [-0.2, 0) is 16.1 Å². The number of anilines is 1. The summed E-state index contributed by atoms with van der Waals surface area (Å²) < 4.78 is 5.98. The van der Waals surface area contributed by atoms with Gasteiger partial charge in [0.2, 0.25) is 5.91 Å². The molecule has 2 aromatic carbocycles.